The molecule has 4 aliphatic heterocycles. The maximum Gasteiger partial charge on any atom is 0.325 e. The molecule has 5 rings (SSSR count). The van der Waals surface area contributed by atoms with E-state index in [1.54, 1.807) is 12.1 Å². The Morgan fingerprint density at radius 1 is 1.12 bits per heavy atom. The molecule has 3 saturated heterocycles. The van der Waals surface area contributed by atoms with Gasteiger partial charge in [-0.15, -0.1) is 0 Å². The summed E-state index contributed by atoms with van der Waals surface area (Å²) in [5, 5.41) is 2.74. The summed E-state index contributed by atoms with van der Waals surface area (Å²) in [7, 11) is 1.87. The van der Waals surface area contributed by atoms with E-state index >= 15 is 0 Å². The highest BCUT2D eigenvalue weighted by Gasteiger charge is 2.39. The summed E-state index contributed by atoms with van der Waals surface area (Å²) in [6.07, 6.45) is 6.72. The third-order valence-electron chi connectivity index (χ3n) is 7.69. The monoisotopic (exact) mass is 470 g/mol. The van der Waals surface area contributed by atoms with Gasteiger partial charge in [-0.05, 0) is 68.8 Å². The van der Waals surface area contributed by atoms with Crippen LogP contribution in [0.3, 0.4) is 0 Å². The molecule has 0 aromatic heterocycles. The molecule has 3 atom stereocenters. The Morgan fingerprint density at radius 2 is 1.94 bits per heavy atom. The number of rotatable bonds is 7. The SMILES string of the molecule is CN(C[C@@H]1CCCN2CCCC[C@H]12)C(=O)CC[C@H]1NC(=O)N(Cc2ccc3c(c2)OCO3)C1=O. The number of benzene rings is 1. The molecular weight excluding hydrogens is 436 g/mol. The molecular formula is C25H34N4O5. The molecule has 4 amide bonds. The molecule has 34 heavy (non-hydrogen) atoms. The van der Waals surface area contributed by atoms with E-state index < -0.39 is 12.1 Å². The fourth-order valence-corrected chi connectivity index (χ4v) is 5.85. The van der Waals surface area contributed by atoms with E-state index in [4.69, 9.17) is 9.47 Å². The zero-order chi connectivity index (χ0) is 23.7. The zero-order valence-electron chi connectivity index (χ0n) is 19.8. The fourth-order valence-electron chi connectivity index (χ4n) is 5.85. The summed E-state index contributed by atoms with van der Waals surface area (Å²) in [4.78, 5) is 43.8. The summed E-state index contributed by atoms with van der Waals surface area (Å²) >= 11 is 0. The number of nitrogens with zero attached hydrogens (tertiary/aromatic N) is 3. The Bertz CT molecular complexity index is 951. The van der Waals surface area contributed by atoms with Gasteiger partial charge in [-0.2, -0.15) is 0 Å². The van der Waals surface area contributed by atoms with Gasteiger partial charge in [0.05, 0.1) is 6.54 Å². The van der Waals surface area contributed by atoms with Crippen molar-refractivity contribution in [2.45, 2.75) is 63.6 Å². The third kappa shape index (κ3) is 4.71. The number of carbonyl (C=O) groups is 3. The first-order chi connectivity index (χ1) is 16.5. The molecule has 0 radical (unpaired) electrons. The largest absolute Gasteiger partial charge is 0.454 e. The van der Waals surface area contributed by atoms with Gasteiger partial charge in [-0.25, -0.2) is 4.79 Å². The minimum atomic E-state index is -0.664. The normalized spacial score (nSPS) is 26.4. The minimum Gasteiger partial charge on any atom is -0.454 e. The Morgan fingerprint density at radius 3 is 2.82 bits per heavy atom. The van der Waals surface area contributed by atoms with Gasteiger partial charge in [0.15, 0.2) is 11.5 Å². The minimum absolute atomic E-state index is 0.0317. The van der Waals surface area contributed by atoms with Crippen molar-refractivity contribution in [3.63, 3.8) is 0 Å². The average Bonchev–Trinajstić information content (AvgIpc) is 3.42. The number of nitrogens with one attached hydrogen (secondary N) is 1. The summed E-state index contributed by atoms with van der Waals surface area (Å²) in [5.74, 6) is 1.54. The molecule has 1 aromatic carbocycles. The van der Waals surface area contributed by atoms with Crippen LogP contribution in [0.2, 0.25) is 0 Å². The zero-order valence-corrected chi connectivity index (χ0v) is 19.8. The number of piperidine rings is 2. The van der Waals surface area contributed by atoms with Crippen molar-refractivity contribution in [1.29, 1.82) is 0 Å². The molecule has 1 N–H and O–H groups in total. The molecule has 0 spiro atoms. The van der Waals surface area contributed by atoms with Crippen LogP contribution in [0, 0.1) is 5.92 Å². The molecule has 0 unspecified atom stereocenters. The van der Waals surface area contributed by atoms with Gasteiger partial charge < -0.3 is 24.6 Å². The second-order valence-corrected chi connectivity index (χ2v) is 9.93. The first kappa shape index (κ1) is 23.0. The first-order valence-corrected chi connectivity index (χ1v) is 12.5. The van der Waals surface area contributed by atoms with Crippen LogP contribution in [-0.4, -0.2) is 78.1 Å². The average molecular weight is 471 g/mol. The van der Waals surface area contributed by atoms with Crippen LogP contribution in [0.5, 0.6) is 11.5 Å². The number of carbonyl (C=O) groups excluding carboxylic acids is 3. The number of ether oxygens (including phenoxy) is 2. The van der Waals surface area contributed by atoms with Crippen molar-refractivity contribution in [3.8, 4) is 11.5 Å². The molecule has 9 heteroatoms. The molecule has 0 saturated carbocycles. The number of hydrogen-bond acceptors (Lipinski definition) is 6. The number of amides is 4. The van der Waals surface area contributed by atoms with Gasteiger partial charge in [-0.1, -0.05) is 12.5 Å². The van der Waals surface area contributed by atoms with Gasteiger partial charge in [0, 0.05) is 26.1 Å². The van der Waals surface area contributed by atoms with Gasteiger partial charge >= 0.3 is 6.03 Å². The molecule has 0 bridgehead atoms. The highest BCUT2D eigenvalue weighted by atomic mass is 16.7. The van der Waals surface area contributed by atoms with E-state index in [1.165, 1.54) is 50.1 Å². The van der Waals surface area contributed by atoms with Crippen molar-refractivity contribution >= 4 is 17.8 Å². The first-order valence-electron chi connectivity index (χ1n) is 12.5. The summed E-state index contributed by atoms with van der Waals surface area (Å²) in [6.45, 7) is 3.47. The van der Waals surface area contributed by atoms with Crippen LogP contribution in [0.1, 0.15) is 50.5 Å². The van der Waals surface area contributed by atoms with E-state index in [0.29, 0.717) is 29.9 Å². The van der Waals surface area contributed by atoms with Crippen molar-refractivity contribution in [1.82, 2.24) is 20.0 Å². The highest BCUT2D eigenvalue weighted by molar-refractivity contribution is 6.04. The molecule has 1 aromatic rings. The van der Waals surface area contributed by atoms with Crippen LogP contribution in [0.25, 0.3) is 0 Å². The Kier molecular flexibility index (Phi) is 6.63. The second-order valence-electron chi connectivity index (χ2n) is 9.93. The lowest BCUT2D eigenvalue weighted by molar-refractivity contribution is -0.132. The number of imide groups is 1. The molecule has 0 aliphatic carbocycles. The molecule has 3 fully saturated rings. The van der Waals surface area contributed by atoms with Gasteiger partial charge in [0.25, 0.3) is 5.91 Å². The van der Waals surface area contributed by atoms with Crippen molar-refractivity contribution in [3.05, 3.63) is 23.8 Å². The highest BCUT2D eigenvalue weighted by Crippen LogP contribution is 2.33. The van der Waals surface area contributed by atoms with E-state index in [1.807, 2.05) is 18.0 Å². The van der Waals surface area contributed by atoms with Gasteiger partial charge in [0.2, 0.25) is 12.7 Å². The lowest BCUT2D eigenvalue weighted by Crippen LogP contribution is -2.51. The molecule has 184 valence electrons. The molecule has 4 heterocycles. The molecule has 9 nitrogen and oxygen atoms in total. The third-order valence-corrected chi connectivity index (χ3v) is 7.69. The van der Waals surface area contributed by atoms with Crippen LogP contribution >= 0.6 is 0 Å². The quantitative estimate of drug-likeness (QED) is 0.615. The number of urea groups is 1. The Balaban J connectivity index is 1.12. The van der Waals surface area contributed by atoms with Crippen molar-refractivity contribution < 1.29 is 23.9 Å². The number of fused-ring (bicyclic) bond motifs is 2. The van der Waals surface area contributed by atoms with Crippen LogP contribution in [0.15, 0.2) is 18.2 Å². The van der Waals surface area contributed by atoms with E-state index in [2.05, 4.69) is 10.2 Å². The standard InChI is InChI=1S/C25H34N4O5/c1-27(15-18-5-4-12-28-11-3-2-6-20(18)28)23(30)10-8-19-24(31)29(25(32)26-19)14-17-7-9-21-22(13-17)34-16-33-21/h7,9,13,18-20H,2-6,8,10-12,14-16H2,1H3,(H,26,32)/t18-,19+,20+/m0/s1. The Labute approximate surface area is 200 Å². The van der Waals surface area contributed by atoms with Gasteiger partial charge in [-0.3, -0.25) is 14.5 Å². The van der Waals surface area contributed by atoms with Crippen LogP contribution in [-0.2, 0) is 16.1 Å². The maximum atomic E-state index is 12.9. The van der Waals surface area contributed by atoms with Crippen molar-refractivity contribution in [2.24, 2.45) is 5.92 Å². The maximum absolute atomic E-state index is 12.9. The Hall–Kier alpha value is -2.81. The summed E-state index contributed by atoms with van der Waals surface area (Å²) in [6, 6.07) is 4.89. The lowest BCUT2D eigenvalue weighted by Gasteiger charge is -2.45. The second kappa shape index (κ2) is 9.82. The lowest BCUT2D eigenvalue weighted by atomic mass is 9.83. The van der Waals surface area contributed by atoms with E-state index in [9.17, 15) is 14.4 Å². The summed E-state index contributed by atoms with van der Waals surface area (Å²) in [5.41, 5.74) is 0.786. The predicted molar refractivity (Wildman–Crippen MR) is 124 cm³/mol. The van der Waals surface area contributed by atoms with Crippen LogP contribution in [0.4, 0.5) is 4.79 Å². The molecule has 4 aliphatic rings. The van der Waals surface area contributed by atoms with Crippen molar-refractivity contribution in [2.75, 3.05) is 33.5 Å². The smallest absolute Gasteiger partial charge is 0.325 e. The summed E-state index contributed by atoms with van der Waals surface area (Å²) < 4.78 is 10.7. The predicted octanol–water partition coefficient (Wildman–Crippen LogP) is 2.34. The van der Waals surface area contributed by atoms with Gasteiger partial charge in [0.1, 0.15) is 6.04 Å². The topological polar surface area (TPSA) is 91.4 Å². The van der Waals surface area contributed by atoms with Crippen LogP contribution < -0.4 is 14.8 Å². The van der Waals surface area contributed by atoms with E-state index in [0.717, 1.165) is 12.1 Å². The van der Waals surface area contributed by atoms with E-state index in [-0.39, 0.29) is 31.6 Å². The fraction of sp³-hybridized carbons (Fsp3) is 0.640. The number of hydrogen-bond donors (Lipinski definition) is 1.